The third kappa shape index (κ3) is 3.83. The quantitative estimate of drug-likeness (QED) is 0.822. The molecule has 1 N–H and O–H groups in total. The van der Waals surface area contributed by atoms with Gasteiger partial charge in [-0.3, -0.25) is 4.79 Å². The molecule has 0 aromatic heterocycles. The SMILES string of the molecule is CCOCC(=O)N1CC[C@@H]2CNC[C@@H]2CC1.Cl. The lowest BCUT2D eigenvalue weighted by atomic mass is 9.92. The number of ether oxygens (including phenoxy) is 1. The van der Waals surface area contributed by atoms with E-state index in [1.54, 1.807) is 0 Å². The molecule has 5 heteroatoms. The topological polar surface area (TPSA) is 41.6 Å². The van der Waals surface area contributed by atoms with E-state index in [4.69, 9.17) is 4.74 Å². The molecule has 0 radical (unpaired) electrons. The predicted molar refractivity (Wildman–Crippen MR) is 69.4 cm³/mol. The number of rotatable bonds is 3. The van der Waals surface area contributed by atoms with Crippen LogP contribution in [0.25, 0.3) is 0 Å². The Morgan fingerprint density at radius 3 is 2.41 bits per heavy atom. The van der Waals surface area contributed by atoms with E-state index in [1.165, 1.54) is 0 Å². The minimum Gasteiger partial charge on any atom is -0.372 e. The molecule has 2 atom stereocenters. The molecular weight excluding hydrogens is 240 g/mol. The highest BCUT2D eigenvalue weighted by molar-refractivity contribution is 5.85. The Labute approximate surface area is 109 Å². The number of fused-ring (bicyclic) bond motifs is 1. The molecule has 0 bridgehead atoms. The van der Waals surface area contributed by atoms with Crippen LogP contribution in [-0.2, 0) is 9.53 Å². The average molecular weight is 263 g/mol. The van der Waals surface area contributed by atoms with E-state index < -0.39 is 0 Å². The summed E-state index contributed by atoms with van der Waals surface area (Å²) in [6.45, 7) is 6.89. The fourth-order valence-electron chi connectivity index (χ4n) is 2.75. The first kappa shape index (κ1) is 14.7. The first-order chi connectivity index (χ1) is 7.81. The van der Waals surface area contributed by atoms with Crippen molar-refractivity contribution in [2.24, 2.45) is 11.8 Å². The summed E-state index contributed by atoms with van der Waals surface area (Å²) in [4.78, 5) is 13.8. The lowest BCUT2D eigenvalue weighted by Gasteiger charge is -2.20. The van der Waals surface area contributed by atoms with Gasteiger partial charge in [0.1, 0.15) is 6.61 Å². The summed E-state index contributed by atoms with van der Waals surface area (Å²) >= 11 is 0. The largest absolute Gasteiger partial charge is 0.372 e. The van der Waals surface area contributed by atoms with Gasteiger partial charge >= 0.3 is 0 Å². The Balaban J connectivity index is 0.00000144. The van der Waals surface area contributed by atoms with Gasteiger partial charge in [-0.25, -0.2) is 0 Å². The summed E-state index contributed by atoms with van der Waals surface area (Å²) < 4.78 is 5.18. The van der Waals surface area contributed by atoms with Crippen LogP contribution in [0.3, 0.4) is 0 Å². The van der Waals surface area contributed by atoms with Gasteiger partial charge in [-0.1, -0.05) is 0 Å². The van der Waals surface area contributed by atoms with E-state index in [0.29, 0.717) is 6.61 Å². The van der Waals surface area contributed by atoms with Gasteiger partial charge < -0.3 is 15.0 Å². The molecule has 4 nitrogen and oxygen atoms in total. The Kier molecular flexibility index (Phi) is 6.23. The normalized spacial score (nSPS) is 28.2. The zero-order chi connectivity index (χ0) is 11.4. The molecule has 1 amide bonds. The van der Waals surface area contributed by atoms with Crippen LogP contribution in [0.4, 0.5) is 0 Å². The summed E-state index contributed by atoms with van der Waals surface area (Å²) in [5.41, 5.74) is 0. The first-order valence-corrected chi connectivity index (χ1v) is 6.37. The fourth-order valence-corrected chi connectivity index (χ4v) is 2.75. The molecule has 100 valence electrons. The molecular formula is C12H23ClN2O2. The summed E-state index contributed by atoms with van der Waals surface area (Å²) in [5.74, 6) is 1.73. The standard InChI is InChI=1S/C12H22N2O2.ClH/c1-2-16-9-12(15)14-5-3-10-7-13-8-11(10)4-6-14;/h10-11,13H,2-9H2,1H3;1H/t10-,11+;. The van der Waals surface area contributed by atoms with E-state index in [9.17, 15) is 4.79 Å². The van der Waals surface area contributed by atoms with Crippen LogP contribution >= 0.6 is 12.4 Å². The van der Waals surface area contributed by atoms with E-state index in [2.05, 4.69) is 5.32 Å². The third-order valence-corrected chi connectivity index (χ3v) is 3.80. The van der Waals surface area contributed by atoms with Crippen molar-refractivity contribution < 1.29 is 9.53 Å². The van der Waals surface area contributed by atoms with Gasteiger partial charge in [0.05, 0.1) is 0 Å². The number of carbonyl (C=O) groups is 1. The number of hydrogen-bond donors (Lipinski definition) is 1. The molecule has 2 aliphatic rings. The molecule has 2 heterocycles. The highest BCUT2D eigenvalue weighted by atomic mass is 35.5. The van der Waals surface area contributed by atoms with Crippen LogP contribution in [0, 0.1) is 11.8 Å². The maximum atomic E-state index is 11.8. The zero-order valence-corrected chi connectivity index (χ0v) is 11.3. The molecule has 0 spiro atoms. The average Bonchev–Trinajstić information content (AvgIpc) is 2.65. The molecule has 2 aliphatic heterocycles. The van der Waals surface area contributed by atoms with E-state index >= 15 is 0 Å². The second-order valence-corrected chi connectivity index (χ2v) is 4.77. The second-order valence-electron chi connectivity index (χ2n) is 4.77. The van der Waals surface area contributed by atoms with Crippen molar-refractivity contribution in [2.75, 3.05) is 39.4 Å². The monoisotopic (exact) mass is 262 g/mol. The van der Waals surface area contributed by atoms with Crippen LogP contribution in [0.15, 0.2) is 0 Å². The zero-order valence-electron chi connectivity index (χ0n) is 10.5. The van der Waals surface area contributed by atoms with E-state index in [-0.39, 0.29) is 24.9 Å². The van der Waals surface area contributed by atoms with Gasteiger partial charge in [-0.05, 0) is 44.7 Å². The first-order valence-electron chi connectivity index (χ1n) is 6.37. The van der Waals surface area contributed by atoms with Gasteiger partial charge in [0.15, 0.2) is 0 Å². The molecule has 0 unspecified atom stereocenters. The van der Waals surface area contributed by atoms with Crippen LogP contribution in [0.2, 0.25) is 0 Å². The highest BCUT2D eigenvalue weighted by Gasteiger charge is 2.31. The Bertz CT molecular complexity index is 237. The summed E-state index contributed by atoms with van der Waals surface area (Å²) in [7, 11) is 0. The molecule has 2 saturated heterocycles. The molecule has 2 fully saturated rings. The lowest BCUT2D eigenvalue weighted by molar-refractivity contribution is -0.135. The van der Waals surface area contributed by atoms with Crippen molar-refractivity contribution in [3.05, 3.63) is 0 Å². The van der Waals surface area contributed by atoms with E-state index in [0.717, 1.165) is 50.9 Å². The summed E-state index contributed by atoms with van der Waals surface area (Å²) in [6, 6.07) is 0. The molecule has 0 saturated carbocycles. The Morgan fingerprint density at radius 2 is 1.88 bits per heavy atom. The number of nitrogens with zero attached hydrogens (tertiary/aromatic N) is 1. The van der Waals surface area contributed by atoms with Crippen LogP contribution in [0.1, 0.15) is 19.8 Å². The van der Waals surface area contributed by atoms with E-state index in [1.807, 2.05) is 11.8 Å². The maximum Gasteiger partial charge on any atom is 0.248 e. The molecule has 17 heavy (non-hydrogen) atoms. The lowest BCUT2D eigenvalue weighted by Crippen LogP contribution is -2.35. The predicted octanol–water partition coefficient (Wildman–Crippen LogP) is 0.903. The number of amides is 1. The Hall–Kier alpha value is -0.320. The molecule has 0 aromatic carbocycles. The fraction of sp³-hybridized carbons (Fsp3) is 0.917. The number of carbonyl (C=O) groups excluding carboxylic acids is 1. The minimum absolute atomic E-state index is 0. The smallest absolute Gasteiger partial charge is 0.248 e. The number of nitrogens with one attached hydrogen (secondary N) is 1. The van der Waals surface area contributed by atoms with Gasteiger partial charge in [-0.15, -0.1) is 12.4 Å². The van der Waals surface area contributed by atoms with Gasteiger partial charge in [0, 0.05) is 19.7 Å². The molecule has 0 aliphatic carbocycles. The Morgan fingerprint density at radius 1 is 1.29 bits per heavy atom. The number of likely N-dealkylation sites (tertiary alicyclic amines) is 1. The van der Waals surface area contributed by atoms with Crippen molar-refractivity contribution in [2.45, 2.75) is 19.8 Å². The van der Waals surface area contributed by atoms with Crippen LogP contribution in [0.5, 0.6) is 0 Å². The second kappa shape index (κ2) is 7.19. The van der Waals surface area contributed by atoms with Crippen molar-refractivity contribution >= 4 is 18.3 Å². The van der Waals surface area contributed by atoms with Crippen LogP contribution < -0.4 is 5.32 Å². The highest BCUT2D eigenvalue weighted by Crippen LogP contribution is 2.26. The number of hydrogen-bond acceptors (Lipinski definition) is 3. The minimum atomic E-state index is 0. The van der Waals surface area contributed by atoms with Gasteiger partial charge in [-0.2, -0.15) is 0 Å². The van der Waals surface area contributed by atoms with Crippen LogP contribution in [-0.4, -0.2) is 50.2 Å². The van der Waals surface area contributed by atoms with Gasteiger partial charge in [0.2, 0.25) is 5.91 Å². The maximum absolute atomic E-state index is 11.8. The molecule has 0 aromatic rings. The van der Waals surface area contributed by atoms with Crippen molar-refractivity contribution in [3.8, 4) is 0 Å². The van der Waals surface area contributed by atoms with Gasteiger partial charge in [0.25, 0.3) is 0 Å². The van der Waals surface area contributed by atoms with Crippen molar-refractivity contribution in [1.82, 2.24) is 10.2 Å². The summed E-state index contributed by atoms with van der Waals surface area (Å²) in [6.07, 6.45) is 2.30. The van der Waals surface area contributed by atoms with Crippen molar-refractivity contribution in [1.29, 1.82) is 0 Å². The number of halogens is 1. The molecule has 2 rings (SSSR count). The van der Waals surface area contributed by atoms with Crippen molar-refractivity contribution in [3.63, 3.8) is 0 Å². The summed E-state index contributed by atoms with van der Waals surface area (Å²) in [5, 5.41) is 3.44. The third-order valence-electron chi connectivity index (χ3n) is 3.80.